The topological polar surface area (TPSA) is 124 Å². The zero-order valence-corrected chi connectivity index (χ0v) is 24.7. The monoisotopic (exact) mass is 583 g/mol. The largest absolute Gasteiger partial charge is 0.464 e. The average Bonchev–Trinajstić information content (AvgIpc) is 3.46. The van der Waals surface area contributed by atoms with E-state index in [-0.39, 0.29) is 24.6 Å². The number of halogens is 1. The Morgan fingerprint density at radius 2 is 1.95 bits per heavy atom. The summed E-state index contributed by atoms with van der Waals surface area (Å²) in [5.41, 5.74) is 0.438. The molecule has 0 saturated carbocycles. The Balaban J connectivity index is 1.48. The molecule has 2 N–H and O–H groups in total. The number of ether oxygens (including phenoxy) is 2. The first-order chi connectivity index (χ1) is 19.6. The minimum atomic E-state index is -0.626. The van der Waals surface area contributed by atoms with Gasteiger partial charge in [0.1, 0.15) is 29.6 Å². The highest BCUT2D eigenvalue weighted by Crippen LogP contribution is 2.26. The van der Waals surface area contributed by atoms with E-state index in [1.165, 1.54) is 0 Å². The third kappa shape index (κ3) is 9.07. The molecule has 1 saturated heterocycles. The maximum absolute atomic E-state index is 13.0. The van der Waals surface area contributed by atoms with Gasteiger partial charge in [0, 0.05) is 43.1 Å². The summed E-state index contributed by atoms with van der Waals surface area (Å²) >= 11 is 6.14. The molecule has 0 bridgehead atoms. The molecule has 12 heteroatoms. The molecule has 1 unspecified atom stereocenters. The molecule has 0 aliphatic carbocycles. The van der Waals surface area contributed by atoms with Crippen LogP contribution in [-0.2, 0) is 20.8 Å². The molecule has 11 nitrogen and oxygen atoms in total. The smallest absolute Gasteiger partial charge is 0.410 e. The summed E-state index contributed by atoms with van der Waals surface area (Å²) in [5.74, 6) is 1.31. The SMILES string of the molecule is CCOC(=O)C(CC1CCN(C(=O)OC(C)(C)C)CC1)Nc1cc(-n2ccnc2)nc(NCc2cccc(Cl)c2)n1. The summed E-state index contributed by atoms with van der Waals surface area (Å²) in [7, 11) is 0. The lowest BCUT2D eigenvalue weighted by Crippen LogP contribution is -2.43. The molecule has 41 heavy (non-hydrogen) atoms. The van der Waals surface area contributed by atoms with E-state index in [4.69, 9.17) is 21.1 Å². The number of nitrogens with zero attached hydrogens (tertiary/aromatic N) is 5. The van der Waals surface area contributed by atoms with Gasteiger partial charge in [-0.2, -0.15) is 9.97 Å². The lowest BCUT2D eigenvalue weighted by atomic mass is 9.90. The fraction of sp³-hybridized carbons (Fsp3) is 0.483. The minimum absolute atomic E-state index is 0.214. The number of hydrogen-bond acceptors (Lipinski definition) is 9. The zero-order valence-electron chi connectivity index (χ0n) is 24.0. The third-order valence-corrected chi connectivity index (χ3v) is 6.78. The predicted octanol–water partition coefficient (Wildman–Crippen LogP) is 5.31. The number of amides is 1. The summed E-state index contributed by atoms with van der Waals surface area (Å²) in [5, 5.41) is 7.20. The van der Waals surface area contributed by atoms with Crippen LogP contribution in [0.4, 0.5) is 16.6 Å². The standard InChI is InChI=1S/C29H38ClN7O4/c1-5-40-26(38)23(16-20-9-12-36(13-10-20)28(39)41-29(2,3)4)33-24-17-25(37-14-11-31-19-37)35-27(34-24)32-18-21-7-6-8-22(30)15-21/h6-8,11,14-15,17,19-20,23H,5,9-10,12-13,16,18H2,1-4H3,(H2,32,33,34,35). The van der Waals surface area contributed by atoms with E-state index in [2.05, 4.69) is 25.6 Å². The van der Waals surface area contributed by atoms with Crippen molar-refractivity contribution in [3.8, 4) is 5.82 Å². The first-order valence-electron chi connectivity index (χ1n) is 13.9. The Morgan fingerprint density at radius 3 is 2.61 bits per heavy atom. The summed E-state index contributed by atoms with van der Waals surface area (Å²) < 4.78 is 12.7. The van der Waals surface area contributed by atoms with Crippen molar-refractivity contribution in [3.63, 3.8) is 0 Å². The second-order valence-corrected chi connectivity index (χ2v) is 11.4. The van der Waals surface area contributed by atoms with Gasteiger partial charge in [0.05, 0.1) is 6.61 Å². The molecule has 4 rings (SSSR count). The van der Waals surface area contributed by atoms with Crippen LogP contribution in [0.25, 0.3) is 5.82 Å². The Hall–Kier alpha value is -3.86. The fourth-order valence-corrected chi connectivity index (χ4v) is 4.80. The molecule has 0 spiro atoms. The number of likely N-dealkylation sites (tertiary alicyclic amines) is 1. The third-order valence-electron chi connectivity index (χ3n) is 6.55. The molecule has 1 aliphatic heterocycles. The van der Waals surface area contributed by atoms with Gasteiger partial charge < -0.3 is 25.0 Å². The number of benzene rings is 1. The lowest BCUT2D eigenvalue weighted by molar-refractivity contribution is -0.144. The molecular weight excluding hydrogens is 546 g/mol. The van der Waals surface area contributed by atoms with Gasteiger partial charge in [0.25, 0.3) is 0 Å². The molecular formula is C29H38ClN7O4. The van der Waals surface area contributed by atoms with Crippen LogP contribution in [0, 0.1) is 5.92 Å². The van der Waals surface area contributed by atoms with E-state index in [1.54, 1.807) is 41.2 Å². The molecule has 2 aromatic heterocycles. The van der Waals surface area contributed by atoms with E-state index in [0.717, 1.165) is 18.4 Å². The number of esters is 1. The summed E-state index contributed by atoms with van der Waals surface area (Å²) in [6.45, 7) is 9.24. The van der Waals surface area contributed by atoms with Crippen molar-refractivity contribution in [1.82, 2.24) is 24.4 Å². The van der Waals surface area contributed by atoms with Gasteiger partial charge in [-0.25, -0.2) is 14.6 Å². The van der Waals surface area contributed by atoms with Crippen LogP contribution in [-0.4, -0.2) is 67.8 Å². The number of imidazole rings is 1. The highest BCUT2D eigenvalue weighted by atomic mass is 35.5. The maximum Gasteiger partial charge on any atom is 0.410 e. The fourth-order valence-electron chi connectivity index (χ4n) is 4.59. The molecule has 0 radical (unpaired) electrons. The van der Waals surface area contributed by atoms with Crippen molar-refractivity contribution >= 4 is 35.4 Å². The predicted molar refractivity (Wildman–Crippen MR) is 157 cm³/mol. The second-order valence-electron chi connectivity index (χ2n) is 11.0. The first-order valence-corrected chi connectivity index (χ1v) is 14.2. The Morgan fingerprint density at radius 1 is 1.17 bits per heavy atom. The summed E-state index contributed by atoms with van der Waals surface area (Å²) in [4.78, 5) is 40.7. The van der Waals surface area contributed by atoms with E-state index in [1.807, 2.05) is 45.0 Å². The summed E-state index contributed by atoms with van der Waals surface area (Å²) in [6.07, 6.45) is 6.85. The summed E-state index contributed by atoms with van der Waals surface area (Å²) in [6, 6.07) is 8.68. The highest BCUT2D eigenvalue weighted by Gasteiger charge is 2.31. The molecule has 1 atom stereocenters. The van der Waals surface area contributed by atoms with Crippen LogP contribution in [0.15, 0.2) is 49.1 Å². The molecule has 1 aliphatic rings. The van der Waals surface area contributed by atoms with Crippen LogP contribution >= 0.6 is 11.6 Å². The maximum atomic E-state index is 13.0. The van der Waals surface area contributed by atoms with Crippen LogP contribution in [0.1, 0.15) is 52.5 Å². The van der Waals surface area contributed by atoms with Crippen molar-refractivity contribution in [3.05, 3.63) is 59.6 Å². The van der Waals surface area contributed by atoms with Gasteiger partial charge >= 0.3 is 12.1 Å². The molecule has 1 fully saturated rings. The van der Waals surface area contributed by atoms with Gasteiger partial charge in [-0.3, -0.25) is 4.57 Å². The van der Waals surface area contributed by atoms with Gasteiger partial charge in [0.2, 0.25) is 5.95 Å². The number of rotatable bonds is 10. The quantitative estimate of drug-likeness (QED) is 0.306. The van der Waals surface area contributed by atoms with Gasteiger partial charge in [-0.1, -0.05) is 23.7 Å². The molecule has 1 aromatic carbocycles. The number of hydrogen-bond donors (Lipinski definition) is 2. The molecule has 3 aromatic rings. The minimum Gasteiger partial charge on any atom is -0.464 e. The van der Waals surface area contributed by atoms with Gasteiger partial charge in [-0.05, 0) is 70.6 Å². The number of piperidine rings is 1. The van der Waals surface area contributed by atoms with Crippen LogP contribution in [0.2, 0.25) is 5.02 Å². The van der Waals surface area contributed by atoms with E-state index in [0.29, 0.717) is 48.7 Å². The van der Waals surface area contributed by atoms with E-state index < -0.39 is 11.6 Å². The first kappa shape index (κ1) is 30.1. The number of carbonyl (C=O) groups is 2. The van der Waals surface area contributed by atoms with Crippen molar-refractivity contribution < 1.29 is 19.1 Å². The number of carbonyl (C=O) groups excluding carboxylic acids is 2. The molecule has 1 amide bonds. The molecule has 3 heterocycles. The Bertz CT molecular complexity index is 1300. The van der Waals surface area contributed by atoms with Crippen molar-refractivity contribution in [2.24, 2.45) is 5.92 Å². The Labute approximate surface area is 245 Å². The van der Waals surface area contributed by atoms with Crippen LogP contribution < -0.4 is 10.6 Å². The van der Waals surface area contributed by atoms with Crippen molar-refractivity contribution in [1.29, 1.82) is 0 Å². The van der Waals surface area contributed by atoms with Gasteiger partial charge in [0.15, 0.2) is 0 Å². The number of aromatic nitrogens is 4. The zero-order chi connectivity index (χ0) is 29.4. The van der Waals surface area contributed by atoms with E-state index >= 15 is 0 Å². The van der Waals surface area contributed by atoms with E-state index in [9.17, 15) is 9.59 Å². The number of nitrogens with one attached hydrogen (secondary N) is 2. The van der Waals surface area contributed by atoms with Crippen LogP contribution in [0.3, 0.4) is 0 Å². The van der Waals surface area contributed by atoms with Crippen LogP contribution in [0.5, 0.6) is 0 Å². The van der Waals surface area contributed by atoms with Crippen molar-refractivity contribution in [2.45, 2.75) is 65.1 Å². The number of anilines is 2. The van der Waals surface area contributed by atoms with Gasteiger partial charge in [-0.15, -0.1) is 0 Å². The lowest BCUT2D eigenvalue weighted by Gasteiger charge is -2.34. The average molecular weight is 584 g/mol. The van der Waals surface area contributed by atoms with Crippen molar-refractivity contribution in [2.75, 3.05) is 30.3 Å². The normalized spacial score (nSPS) is 14.8. The molecule has 220 valence electrons. The Kier molecular flexibility index (Phi) is 10.0. The highest BCUT2D eigenvalue weighted by molar-refractivity contribution is 6.30. The second kappa shape index (κ2) is 13.7.